The van der Waals surface area contributed by atoms with E-state index in [1.54, 1.807) is 25.8 Å². The summed E-state index contributed by atoms with van der Waals surface area (Å²) in [6, 6.07) is 0. The van der Waals surface area contributed by atoms with Crippen LogP contribution in [0.4, 0.5) is 10.3 Å². The molecular formula is C11H19FN4O. The molecule has 0 fully saturated rings. The van der Waals surface area contributed by atoms with Gasteiger partial charge < -0.3 is 4.90 Å². The van der Waals surface area contributed by atoms with Crippen molar-refractivity contribution in [3.63, 3.8) is 0 Å². The van der Waals surface area contributed by atoms with Crippen LogP contribution in [0.15, 0.2) is 4.79 Å². The minimum atomic E-state index is -0.898. The summed E-state index contributed by atoms with van der Waals surface area (Å²) in [6.07, 6.45) is 0. The van der Waals surface area contributed by atoms with E-state index >= 15 is 0 Å². The second-order valence-corrected chi connectivity index (χ2v) is 4.74. The van der Waals surface area contributed by atoms with Gasteiger partial charge in [0.25, 0.3) is 5.56 Å². The van der Waals surface area contributed by atoms with Crippen molar-refractivity contribution in [2.45, 2.75) is 26.2 Å². The molecule has 0 atom stereocenters. The normalized spacial score (nSPS) is 11.6. The van der Waals surface area contributed by atoms with E-state index in [-0.39, 0.29) is 11.3 Å². The van der Waals surface area contributed by atoms with Gasteiger partial charge in [0.15, 0.2) is 0 Å². The third-order valence-electron chi connectivity index (χ3n) is 2.84. The zero-order valence-corrected chi connectivity index (χ0v) is 11.0. The molecule has 0 saturated heterocycles. The fraction of sp³-hybridized carbons (Fsp3) is 0.727. The lowest BCUT2D eigenvalue weighted by molar-refractivity contribution is 0.337. The van der Waals surface area contributed by atoms with E-state index in [1.807, 2.05) is 14.0 Å². The van der Waals surface area contributed by atoms with Gasteiger partial charge in [0.1, 0.15) is 12.4 Å². The third kappa shape index (κ3) is 2.45. The Labute approximate surface area is 100 Å². The Hall–Kier alpha value is -1.46. The summed E-state index contributed by atoms with van der Waals surface area (Å²) in [7, 11) is 3.44. The van der Waals surface area contributed by atoms with E-state index in [1.165, 1.54) is 4.57 Å². The second kappa shape index (κ2) is 4.81. The molecule has 17 heavy (non-hydrogen) atoms. The van der Waals surface area contributed by atoms with Gasteiger partial charge in [-0.05, 0) is 6.92 Å². The second-order valence-electron chi connectivity index (χ2n) is 4.74. The fourth-order valence-electron chi connectivity index (χ4n) is 1.42. The van der Waals surface area contributed by atoms with Crippen LogP contribution in [0.3, 0.4) is 0 Å². The molecule has 0 radical (unpaired) electrons. The van der Waals surface area contributed by atoms with Gasteiger partial charge >= 0.3 is 0 Å². The summed E-state index contributed by atoms with van der Waals surface area (Å²) in [5.41, 5.74) is -1.03. The Morgan fingerprint density at radius 1 is 1.41 bits per heavy atom. The van der Waals surface area contributed by atoms with Crippen LogP contribution in [0, 0.1) is 0 Å². The Bertz CT molecular complexity index is 455. The van der Waals surface area contributed by atoms with Crippen molar-refractivity contribution in [2.75, 3.05) is 25.2 Å². The predicted molar refractivity (Wildman–Crippen MR) is 65.2 cm³/mol. The van der Waals surface area contributed by atoms with Crippen LogP contribution < -0.4 is 10.5 Å². The Balaban J connectivity index is 3.35. The van der Waals surface area contributed by atoms with Crippen LogP contribution >= 0.6 is 0 Å². The molecule has 1 rings (SSSR count). The molecule has 0 bridgehead atoms. The first kappa shape index (κ1) is 13.6. The molecule has 0 saturated carbocycles. The van der Waals surface area contributed by atoms with Gasteiger partial charge in [-0.3, -0.25) is 13.8 Å². The zero-order valence-electron chi connectivity index (χ0n) is 11.0. The molecule has 96 valence electrons. The number of nitrogens with zero attached hydrogens (tertiary/aromatic N) is 4. The largest absolute Gasteiger partial charge is 0.344 e. The summed E-state index contributed by atoms with van der Waals surface area (Å²) in [4.78, 5) is 13.9. The van der Waals surface area contributed by atoms with Crippen molar-refractivity contribution >= 4 is 5.95 Å². The molecule has 0 aliphatic rings. The van der Waals surface area contributed by atoms with Crippen molar-refractivity contribution in [1.82, 2.24) is 14.8 Å². The van der Waals surface area contributed by atoms with Gasteiger partial charge in [-0.15, -0.1) is 10.2 Å². The maximum atomic E-state index is 12.9. The number of rotatable bonds is 4. The number of halogens is 1. The lowest BCUT2D eigenvalue weighted by Crippen LogP contribution is -2.37. The Morgan fingerprint density at radius 3 is 2.47 bits per heavy atom. The van der Waals surface area contributed by atoms with Crippen LogP contribution in [-0.4, -0.2) is 35.0 Å². The molecule has 0 unspecified atom stereocenters. The summed E-state index contributed by atoms with van der Waals surface area (Å²) in [5.74, 6) is 0.482. The van der Waals surface area contributed by atoms with Crippen LogP contribution in [0.1, 0.15) is 26.5 Å². The molecule has 1 aromatic heterocycles. The quantitative estimate of drug-likeness (QED) is 0.786. The highest BCUT2D eigenvalue weighted by atomic mass is 19.1. The van der Waals surface area contributed by atoms with E-state index < -0.39 is 12.1 Å². The molecule has 5 nitrogen and oxygen atoms in total. The van der Waals surface area contributed by atoms with Crippen molar-refractivity contribution in [2.24, 2.45) is 7.05 Å². The standard InChI is InChI=1S/C11H19FN4O/c1-6-15(4)10-14-13-8(9(17)16(10)5)11(2,3)7-12/h6-7H2,1-5H3. The van der Waals surface area contributed by atoms with E-state index in [4.69, 9.17) is 0 Å². The highest BCUT2D eigenvalue weighted by molar-refractivity contribution is 5.28. The van der Waals surface area contributed by atoms with Gasteiger partial charge in [-0.2, -0.15) is 0 Å². The smallest absolute Gasteiger partial charge is 0.277 e. The van der Waals surface area contributed by atoms with E-state index in [0.717, 1.165) is 0 Å². The SMILES string of the molecule is CCN(C)c1nnc(C(C)(C)CF)c(=O)n1C. The van der Waals surface area contributed by atoms with E-state index in [9.17, 15) is 9.18 Å². The van der Waals surface area contributed by atoms with Crippen molar-refractivity contribution in [1.29, 1.82) is 0 Å². The van der Waals surface area contributed by atoms with Crippen molar-refractivity contribution in [3.8, 4) is 0 Å². The molecule has 0 aromatic carbocycles. The molecule has 6 heteroatoms. The number of anilines is 1. The number of alkyl halides is 1. The van der Waals surface area contributed by atoms with E-state index in [2.05, 4.69) is 10.2 Å². The summed E-state index contributed by atoms with van der Waals surface area (Å²) < 4.78 is 14.3. The van der Waals surface area contributed by atoms with E-state index in [0.29, 0.717) is 12.5 Å². The van der Waals surface area contributed by atoms with Crippen LogP contribution in [-0.2, 0) is 12.5 Å². The average Bonchev–Trinajstić information content (AvgIpc) is 2.31. The van der Waals surface area contributed by atoms with Gasteiger partial charge in [0.2, 0.25) is 5.95 Å². The maximum absolute atomic E-state index is 12.9. The lowest BCUT2D eigenvalue weighted by Gasteiger charge is -2.22. The minimum Gasteiger partial charge on any atom is -0.344 e. The molecule has 1 heterocycles. The Kier molecular flexibility index (Phi) is 3.85. The van der Waals surface area contributed by atoms with Gasteiger partial charge in [-0.1, -0.05) is 13.8 Å². The number of aromatic nitrogens is 3. The molecule has 0 aliphatic heterocycles. The maximum Gasteiger partial charge on any atom is 0.277 e. The Morgan fingerprint density at radius 2 is 2.00 bits per heavy atom. The first-order chi connectivity index (χ1) is 7.85. The van der Waals surface area contributed by atoms with Gasteiger partial charge in [-0.25, -0.2) is 0 Å². The number of hydrogen-bond acceptors (Lipinski definition) is 4. The first-order valence-electron chi connectivity index (χ1n) is 5.56. The summed E-state index contributed by atoms with van der Waals surface area (Å²) in [5, 5.41) is 7.88. The van der Waals surface area contributed by atoms with Crippen molar-refractivity contribution in [3.05, 3.63) is 16.0 Å². The highest BCUT2D eigenvalue weighted by Gasteiger charge is 2.28. The third-order valence-corrected chi connectivity index (χ3v) is 2.84. The fourth-order valence-corrected chi connectivity index (χ4v) is 1.42. The number of hydrogen-bond donors (Lipinski definition) is 0. The molecule has 0 aliphatic carbocycles. The van der Waals surface area contributed by atoms with Crippen molar-refractivity contribution < 1.29 is 4.39 Å². The predicted octanol–water partition coefficient (Wildman–Crippen LogP) is 0.878. The van der Waals surface area contributed by atoms with Crippen LogP contribution in [0.25, 0.3) is 0 Å². The van der Waals surface area contributed by atoms with Gasteiger partial charge in [0, 0.05) is 26.1 Å². The van der Waals surface area contributed by atoms with Gasteiger partial charge in [0.05, 0.1) is 0 Å². The lowest BCUT2D eigenvalue weighted by atomic mass is 9.91. The molecule has 0 N–H and O–H groups in total. The molecule has 0 spiro atoms. The molecule has 1 aromatic rings. The monoisotopic (exact) mass is 242 g/mol. The average molecular weight is 242 g/mol. The van der Waals surface area contributed by atoms with Crippen LogP contribution in [0.2, 0.25) is 0 Å². The zero-order chi connectivity index (χ0) is 13.2. The first-order valence-corrected chi connectivity index (χ1v) is 5.56. The minimum absolute atomic E-state index is 0.163. The molecule has 0 amide bonds. The topological polar surface area (TPSA) is 51.0 Å². The highest BCUT2D eigenvalue weighted by Crippen LogP contribution is 2.18. The van der Waals surface area contributed by atoms with Crippen LogP contribution in [0.5, 0.6) is 0 Å². The molecular weight excluding hydrogens is 223 g/mol. The summed E-state index contributed by atoms with van der Waals surface area (Å²) in [6.45, 7) is 5.31. The summed E-state index contributed by atoms with van der Waals surface area (Å²) >= 11 is 0.